The predicted octanol–water partition coefficient (Wildman–Crippen LogP) is 2.00. The third kappa shape index (κ3) is 2.47. The number of nitrogens with two attached hydrogens (primary N) is 1. The van der Waals surface area contributed by atoms with Crippen LogP contribution in [0.25, 0.3) is 0 Å². The minimum absolute atomic E-state index is 0.178. The molecule has 1 unspecified atom stereocenters. The molecule has 1 aromatic rings. The minimum Gasteiger partial charge on any atom is -0.506 e. The van der Waals surface area contributed by atoms with Gasteiger partial charge in [0.1, 0.15) is 5.75 Å². The van der Waals surface area contributed by atoms with Crippen LogP contribution in [0.2, 0.25) is 0 Å². The van der Waals surface area contributed by atoms with Crippen LogP contribution in [0, 0.1) is 0 Å². The summed E-state index contributed by atoms with van der Waals surface area (Å²) in [5.74, 6) is 0.178. The highest BCUT2D eigenvalue weighted by Crippen LogP contribution is 2.22. The molecule has 3 heteroatoms. The second kappa shape index (κ2) is 4.74. The van der Waals surface area contributed by atoms with Crippen LogP contribution in [0.1, 0.15) is 25.3 Å². The second-order valence-corrected chi connectivity index (χ2v) is 4.69. The average molecular weight is 220 g/mol. The highest BCUT2D eigenvalue weighted by molar-refractivity contribution is 5.53. The Bertz CT molecular complexity index is 359. The molecule has 1 heterocycles. The van der Waals surface area contributed by atoms with Crippen molar-refractivity contribution in [3.63, 3.8) is 0 Å². The van der Waals surface area contributed by atoms with Crippen molar-refractivity contribution in [2.75, 3.05) is 18.8 Å². The van der Waals surface area contributed by atoms with Crippen LogP contribution in [-0.2, 0) is 6.42 Å². The zero-order valence-corrected chi connectivity index (χ0v) is 9.82. The smallest absolute Gasteiger partial charge is 0.138 e. The number of phenols is 1. The Balaban J connectivity index is 1.99. The van der Waals surface area contributed by atoms with Crippen LogP contribution < -0.4 is 5.73 Å². The Labute approximate surface area is 96.9 Å². The quantitative estimate of drug-likeness (QED) is 0.605. The number of nitrogen functional groups attached to an aromatic ring is 1. The molecule has 1 aliphatic rings. The standard InChI is InChI=1S/C13H20N2O/c1-10(15-6-2-3-7-15)8-11-4-5-13(16)12(14)9-11/h4-5,9-10,16H,2-3,6-8,14H2,1H3. The van der Waals surface area contributed by atoms with E-state index in [0.29, 0.717) is 11.7 Å². The Hall–Kier alpha value is -1.22. The van der Waals surface area contributed by atoms with Crippen LogP contribution in [-0.4, -0.2) is 29.1 Å². The molecule has 1 aromatic carbocycles. The molecule has 0 amide bonds. The van der Waals surface area contributed by atoms with Gasteiger partial charge in [0.05, 0.1) is 5.69 Å². The molecule has 16 heavy (non-hydrogen) atoms. The van der Waals surface area contributed by atoms with Crippen molar-refractivity contribution in [2.45, 2.75) is 32.2 Å². The molecule has 0 spiro atoms. The maximum Gasteiger partial charge on any atom is 0.138 e. The molecule has 88 valence electrons. The van der Waals surface area contributed by atoms with Crippen molar-refractivity contribution < 1.29 is 5.11 Å². The number of phenolic OH excluding ortho intramolecular Hbond substituents is 1. The third-order valence-corrected chi connectivity index (χ3v) is 3.39. The average Bonchev–Trinajstić information content (AvgIpc) is 2.77. The number of rotatable bonds is 3. The summed E-state index contributed by atoms with van der Waals surface area (Å²) in [5, 5.41) is 9.35. The molecule has 1 fully saturated rings. The van der Waals surface area contributed by atoms with Gasteiger partial charge in [-0.25, -0.2) is 0 Å². The van der Waals surface area contributed by atoms with Gasteiger partial charge in [-0.2, -0.15) is 0 Å². The van der Waals surface area contributed by atoms with Crippen molar-refractivity contribution in [3.8, 4) is 5.75 Å². The second-order valence-electron chi connectivity index (χ2n) is 4.69. The lowest BCUT2D eigenvalue weighted by Crippen LogP contribution is -2.31. The number of aromatic hydroxyl groups is 1. The van der Waals surface area contributed by atoms with Gasteiger partial charge in [0.2, 0.25) is 0 Å². The number of hydrogen-bond acceptors (Lipinski definition) is 3. The number of likely N-dealkylation sites (tertiary alicyclic amines) is 1. The molecule has 0 saturated carbocycles. The summed E-state index contributed by atoms with van der Waals surface area (Å²) in [7, 11) is 0. The SMILES string of the molecule is CC(Cc1ccc(O)c(N)c1)N1CCCC1. The highest BCUT2D eigenvalue weighted by Gasteiger charge is 2.18. The van der Waals surface area contributed by atoms with E-state index in [4.69, 9.17) is 5.73 Å². The third-order valence-electron chi connectivity index (χ3n) is 3.39. The fourth-order valence-corrected chi connectivity index (χ4v) is 2.38. The summed E-state index contributed by atoms with van der Waals surface area (Å²) in [5.41, 5.74) is 7.37. The summed E-state index contributed by atoms with van der Waals surface area (Å²) >= 11 is 0. The van der Waals surface area contributed by atoms with Gasteiger partial charge in [-0.3, -0.25) is 0 Å². The summed E-state index contributed by atoms with van der Waals surface area (Å²) in [4.78, 5) is 2.52. The Morgan fingerprint density at radius 3 is 2.69 bits per heavy atom. The Morgan fingerprint density at radius 1 is 1.38 bits per heavy atom. The van der Waals surface area contributed by atoms with Gasteiger partial charge in [0.25, 0.3) is 0 Å². The molecular weight excluding hydrogens is 200 g/mol. The summed E-state index contributed by atoms with van der Waals surface area (Å²) in [6.45, 7) is 4.69. The zero-order chi connectivity index (χ0) is 11.5. The summed E-state index contributed by atoms with van der Waals surface area (Å²) < 4.78 is 0. The van der Waals surface area contributed by atoms with Gasteiger partial charge >= 0.3 is 0 Å². The number of hydrogen-bond donors (Lipinski definition) is 2. The van der Waals surface area contributed by atoms with Gasteiger partial charge in [-0.15, -0.1) is 0 Å². The van der Waals surface area contributed by atoms with Crippen molar-refractivity contribution in [1.82, 2.24) is 4.90 Å². The van der Waals surface area contributed by atoms with Crippen molar-refractivity contribution >= 4 is 5.69 Å². The van der Waals surface area contributed by atoms with Gasteiger partial charge in [-0.05, 0) is 57.0 Å². The molecular formula is C13H20N2O. The van der Waals surface area contributed by atoms with Crippen LogP contribution in [0.5, 0.6) is 5.75 Å². The normalized spacial score (nSPS) is 18.8. The van der Waals surface area contributed by atoms with E-state index in [1.54, 1.807) is 6.07 Å². The van der Waals surface area contributed by atoms with Crippen LogP contribution in [0.15, 0.2) is 18.2 Å². The highest BCUT2D eigenvalue weighted by atomic mass is 16.3. The van der Waals surface area contributed by atoms with E-state index in [1.807, 2.05) is 12.1 Å². The van der Waals surface area contributed by atoms with Gasteiger partial charge in [0, 0.05) is 6.04 Å². The predicted molar refractivity (Wildman–Crippen MR) is 66.5 cm³/mol. The first-order valence-electron chi connectivity index (χ1n) is 5.98. The van der Waals surface area contributed by atoms with E-state index >= 15 is 0 Å². The number of benzene rings is 1. The first-order valence-corrected chi connectivity index (χ1v) is 5.98. The maximum atomic E-state index is 9.35. The van der Waals surface area contributed by atoms with E-state index in [0.717, 1.165) is 6.42 Å². The molecule has 1 aliphatic heterocycles. The molecule has 0 radical (unpaired) electrons. The molecule has 3 N–H and O–H groups in total. The van der Waals surface area contributed by atoms with E-state index in [1.165, 1.54) is 31.5 Å². The lowest BCUT2D eigenvalue weighted by Gasteiger charge is -2.23. The Kier molecular flexibility index (Phi) is 3.34. The van der Waals surface area contributed by atoms with Gasteiger partial charge in [0.15, 0.2) is 0 Å². The molecule has 0 aliphatic carbocycles. The van der Waals surface area contributed by atoms with Crippen LogP contribution >= 0.6 is 0 Å². The van der Waals surface area contributed by atoms with Crippen molar-refractivity contribution in [3.05, 3.63) is 23.8 Å². The van der Waals surface area contributed by atoms with E-state index in [9.17, 15) is 5.11 Å². The van der Waals surface area contributed by atoms with E-state index in [2.05, 4.69) is 11.8 Å². The lowest BCUT2D eigenvalue weighted by atomic mass is 10.1. The number of anilines is 1. The Morgan fingerprint density at radius 2 is 2.06 bits per heavy atom. The largest absolute Gasteiger partial charge is 0.506 e. The first-order chi connectivity index (χ1) is 7.66. The fraction of sp³-hybridized carbons (Fsp3) is 0.538. The first kappa shape index (κ1) is 11.3. The van der Waals surface area contributed by atoms with Crippen LogP contribution in [0.4, 0.5) is 5.69 Å². The number of nitrogens with zero attached hydrogens (tertiary/aromatic N) is 1. The fourth-order valence-electron chi connectivity index (χ4n) is 2.38. The molecule has 1 saturated heterocycles. The zero-order valence-electron chi connectivity index (χ0n) is 9.82. The molecule has 0 bridgehead atoms. The van der Waals surface area contributed by atoms with Crippen molar-refractivity contribution in [1.29, 1.82) is 0 Å². The maximum absolute atomic E-state index is 9.35. The lowest BCUT2D eigenvalue weighted by molar-refractivity contribution is 0.257. The van der Waals surface area contributed by atoms with Crippen LogP contribution in [0.3, 0.4) is 0 Å². The van der Waals surface area contributed by atoms with Gasteiger partial charge in [-0.1, -0.05) is 6.07 Å². The summed E-state index contributed by atoms with van der Waals surface area (Å²) in [6, 6.07) is 6.08. The topological polar surface area (TPSA) is 49.5 Å². The monoisotopic (exact) mass is 220 g/mol. The van der Waals surface area contributed by atoms with Crippen molar-refractivity contribution in [2.24, 2.45) is 0 Å². The summed E-state index contributed by atoms with van der Waals surface area (Å²) in [6.07, 6.45) is 3.65. The molecule has 2 rings (SSSR count). The van der Waals surface area contributed by atoms with E-state index in [-0.39, 0.29) is 5.75 Å². The molecule has 1 atom stereocenters. The molecule has 3 nitrogen and oxygen atoms in total. The minimum atomic E-state index is 0.178. The molecule has 0 aromatic heterocycles. The van der Waals surface area contributed by atoms with E-state index < -0.39 is 0 Å². The van der Waals surface area contributed by atoms with Gasteiger partial charge < -0.3 is 15.7 Å².